The molecule has 7 heteroatoms. The second-order valence-electron chi connectivity index (χ2n) is 7.33. The SMILES string of the molecule is CC(C)(C)NC(=O)C(c1ccsc1)N(C(=O)c1ccco1)c1ccc(F)cc1. The number of thiophene rings is 1. The first-order valence-corrected chi connectivity index (χ1v) is 9.67. The quantitative estimate of drug-likeness (QED) is 0.670. The van der Waals surface area contributed by atoms with Crippen molar-refractivity contribution in [3.63, 3.8) is 0 Å². The van der Waals surface area contributed by atoms with Crippen LogP contribution in [0.5, 0.6) is 0 Å². The molecule has 28 heavy (non-hydrogen) atoms. The van der Waals surface area contributed by atoms with Gasteiger partial charge in [-0.3, -0.25) is 14.5 Å². The van der Waals surface area contributed by atoms with Crippen molar-refractivity contribution in [3.8, 4) is 0 Å². The molecule has 1 atom stereocenters. The lowest BCUT2D eigenvalue weighted by atomic mass is 10.0. The third-order valence-corrected chi connectivity index (χ3v) is 4.62. The van der Waals surface area contributed by atoms with Gasteiger partial charge in [0.1, 0.15) is 11.9 Å². The monoisotopic (exact) mass is 400 g/mol. The van der Waals surface area contributed by atoms with E-state index in [0.717, 1.165) is 0 Å². The number of carbonyl (C=O) groups excluding carboxylic acids is 2. The highest BCUT2D eigenvalue weighted by atomic mass is 32.1. The van der Waals surface area contributed by atoms with Gasteiger partial charge in [-0.05, 0) is 79.6 Å². The van der Waals surface area contributed by atoms with Crippen molar-refractivity contribution in [2.45, 2.75) is 32.4 Å². The second-order valence-corrected chi connectivity index (χ2v) is 8.11. The third-order valence-electron chi connectivity index (χ3n) is 3.92. The van der Waals surface area contributed by atoms with Gasteiger partial charge in [0.25, 0.3) is 5.91 Å². The molecule has 0 aliphatic heterocycles. The van der Waals surface area contributed by atoms with Gasteiger partial charge in [0.2, 0.25) is 5.91 Å². The molecular weight excluding hydrogens is 379 g/mol. The summed E-state index contributed by atoms with van der Waals surface area (Å²) >= 11 is 1.43. The Balaban J connectivity index is 2.12. The van der Waals surface area contributed by atoms with Crippen LogP contribution < -0.4 is 10.2 Å². The van der Waals surface area contributed by atoms with Gasteiger partial charge in [-0.1, -0.05) is 0 Å². The number of benzene rings is 1. The zero-order valence-corrected chi connectivity index (χ0v) is 16.6. The summed E-state index contributed by atoms with van der Waals surface area (Å²) in [7, 11) is 0. The Morgan fingerprint density at radius 3 is 2.39 bits per heavy atom. The van der Waals surface area contributed by atoms with E-state index in [-0.39, 0.29) is 11.7 Å². The molecule has 0 fully saturated rings. The summed E-state index contributed by atoms with van der Waals surface area (Å²) in [6.45, 7) is 5.60. The van der Waals surface area contributed by atoms with Gasteiger partial charge in [-0.15, -0.1) is 0 Å². The molecule has 0 aliphatic rings. The molecule has 0 saturated carbocycles. The van der Waals surface area contributed by atoms with Crippen LogP contribution in [0.1, 0.15) is 42.9 Å². The summed E-state index contributed by atoms with van der Waals surface area (Å²) in [6.07, 6.45) is 1.39. The molecule has 146 valence electrons. The summed E-state index contributed by atoms with van der Waals surface area (Å²) < 4.78 is 18.8. The number of hydrogen-bond donors (Lipinski definition) is 1. The molecule has 0 radical (unpaired) electrons. The average molecular weight is 400 g/mol. The molecule has 0 bridgehead atoms. The van der Waals surface area contributed by atoms with E-state index in [1.165, 1.54) is 52.8 Å². The first-order valence-electron chi connectivity index (χ1n) is 8.73. The highest BCUT2D eigenvalue weighted by Gasteiger charge is 2.36. The summed E-state index contributed by atoms with van der Waals surface area (Å²) in [4.78, 5) is 27.8. The van der Waals surface area contributed by atoms with E-state index in [1.807, 2.05) is 31.5 Å². The van der Waals surface area contributed by atoms with Crippen LogP contribution in [0.4, 0.5) is 10.1 Å². The summed E-state index contributed by atoms with van der Waals surface area (Å²) in [5.74, 6) is -1.17. The van der Waals surface area contributed by atoms with Crippen LogP contribution in [0.25, 0.3) is 0 Å². The largest absolute Gasteiger partial charge is 0.459 e. The Hall–Kier alpha value is -2.93. The molecule has 1 unspecified atom stereocenters. The normalized spacial score (nSPS) is 12.4. The number of amides is 2. The Kier molecular flexibility index (Phi) is 5.65. The van der Waals surface area contributed by atoms with E-state index in [0.29, 0.717) is 11.3 Å². The van der Waals surface area contributed by atoms with E-state index in [2.05, 4.69) is 5.32 Å². The maximum Gasteiger partial charge on any atom is 0.294 e. The lowest BCUT2D eigenvalue weighted by molar-refractivity contribution is -0.123. The zero-order chi connectivity index (χ0) is 20.3. The van der Waals surface area contributed by atoms with Gasteiger partial charge < -0.3 is 9.73 Å². The zero-order valence-electron chi connectivity index (χ0n) is 15.8. The first-order chi connectivity index (χ1) is 13.3. The van der Waals surface area contributed by atoms with Crippen molar-refractivity contribution >= 4 is 28.8 Å². The predicted molar refractivity (Wildman–Crippen MR) is 107 cm³/mol. The van der Waals surface area contributed by atoms with Crippen LogP contribution in [0, 0.1) is 5.82 Å². The molecule has 3 rings (SSSR count). The van der Waals surface area contributed by atoms with Crippen molar-refractivity contribution in [1.82, 2.24) is 5.32 Å². The Bertz CT molecular complexity index is 929. The van der Waals surface area contributed by atoms with Gasteiger partial charge in [0.05, 0.1) is 6.26 Å². The second kappa shape index (κ2) is 7.98. The lowest BCUT2D eigenvalue weighted by Crippen LogP contribution is -2.49. The van der Waals surface area contributed by atoms with Crippen molar-refractivity contribution < 1.29 is 18.4 Å². The van der Waals surface area contributed by atoms with Gasteiger partial charge >= 0.3 is 0 Å². The number of furan rings is 1. The Morgan fingerprint density at radius 1 is 1.14 bits per heavy atom. The molecule has 2 aromatic heterocycles. The molecule has 3 aromatic rings. The topological polar surface area (TPSA) is 62.6 Å². The molecule has 2 amide bonds. The first kappa shape index (κ1) is 19.8. The van der Waals surface area contributed by atoms with E-state index in [1.54, 1.807) is 12.1 Å². The van der Waals surface area contributed by atoms with E-state index in [9.17, 15) is 14.0 Å². The standard InChI is InChI=1S/C21H21FN2O3S/c1-21(2,3)23-19(25)18(14-10-12-28-13-14)24(16-8-6-15(22)7-9-16)20(26)17-5-4-11-27-17/h4-13,18H,1-3H3,(H,23,25). The number of carbonyl (C=O) groups is 2. The van der Waals surface area contributed by atoms with E-state index < -0.39 is 23.3 Å². The van der Waals surface area contributed by atoms with E-state index in [4.69, 9.17) is 4.42 Å². The number of anilines is 1. The highest BCUT2D eigenvalue weighted by Crippen LogP contribution is 2.31. The number of rotatable bonds is 5. The molecular formula is C21H21FN2O3S. The summed E-state index contributed by atoms with van der Waals surface area (Å²) in [5, 5.41) is 6.59. The summed E-state index contributed by atoms with van der Waals surface area (Å²) in [5.41, 5.74) is 0.562. The third kappa shape index (κ3) is 4.48. The number of halogens is 1. The lowest BCUT2D eigenvalue weighted by Gasteiger charge is -2.32. The van der Waals surface area contributed by atoms with E-state index >= 15 is 0 Å². The van der Waals surface area contributed by atoms with Crippen LogP contribution >= 0.6 is 11.3 Å². The van der Waals surface area contributed by atoms with Crippen molar-refractivity contribution in [2.75, 3.05) is 4.90 Å². The average Bonchev–Trinajstić information content (AvgIpc) is 3.32. The van der Waals surface area contributed by atoms with Crippen LogP contribution in [0.3, 0.4) is 0 Å². The molecule has 2 heterocycles. The number of nitrogens with zero attached hydrogens (tertiary/aromatic N) is 1. The minimum atomic E-state index is -0.937. The Morgan fingerprint density at radius 2 is 1.86 bits per heavy atom. The minimum absolute atomic E-state index is 0.0908. The fraction of sp³-hybridized carbons (Fsp3) is 0.238. The smallest absolute Gasteiger partial charge is 0.294 e. The van der Waals surface area contributed by atoms with Crippen molar-refractivity contribution in [1.29, 1.82) is 0 Å². The molecule has 0 aliphatic carbocycles. The van der Waals surface area contributed by atoms with Gasteiger partial charge in [0.15, 0.2) is 5.76 Å². The van der Waals surface area contributed by atoms with Crippen LogP contribution in [0.15, 0.2) is 63.9 Å². The maximum atomic E-state index is 13.5. The van der Waals surface area contributed by atoms with Crippen molar-refractivity contribution in [2.24, 2.45) is 0 Å². The number of hydrogen-bond acceptors (Lipinski definition) is 4. The van der Waals surface area contributed by atoms with Crippen LogP contribution in [-0.4, -0.2) is 17.4 Å². The minimum Gasteiger partial charge on any atom is -0.459 e. The molecule has 1 aromatic carbocycles. The summed E-state index contributed by atoms with van der Waals surface area (Å²) in [6, 6.07) is 9.45. The molecule has 0 spiro atoms. The highest BCUT2D eigenvalue weighted by molar-refractivity contribution is 7.08. The Labute approximate surface area is 166 Å². The molecule has 1 N–H and O–H groups in total. The van der Waals surface area contributed by atoms with Crippen LogP contribution in [0.2, 0.25) is 0 Å². The fourth-order valence-corrected chi connectivity index (χ4v) is 3.47. The fourth-order valence-electron chi connectivity index (χ4n) is 2.79. The number of nitrogens with one attached hydrogen (secondary N) is 1. The van der Waals surface area contributed by atoms with Gasteiger partial charge in [0, 0.05) is 11.2 Å². The maximum absolute atomic E-state index is 13.5. The molecule has 5 nitrogen and oxygen atoms in total. The van der Waals surface area contributed by atoms with Crippen LogP contribution in [-0.2, 0) is 4.79 Å². The van der Waals surface area contributed by atoms with Gasteiger partial charge in [-0.2, -0.15) is 11.3 Å². The van der Waals surface area contributed by atoms with Crippen molar-refractivity contribution in [3.05, 3.63) is 76.6 Å². The van der Waals surface area contributed by atoms with Gasteiger partial charge in [-0.25, -0.2) is 4.39 Å². The molecule has 0 saturated heterocycles. The predicted octanol–water partition coefficient (Wildman–Crippen LogP) is 4.78.